The smallest absolute Gasteiger partial charge is 0.193 e. The van der Waals surface area contributed by atoms with Crippen LogP contribution in [0.25, 0.3) is 0 Å². The van der Waals surface area contributed by atoms with E-state index in [9.17, 15) is 9.59 Å². The molecule has 0 atom stereocenters. The van der Waals surface area contributed by atoms with E-state index < -0.39 is 0 Å². The predicted molar refractivity (Wildman–Crippen MR) is 121 cm³/mol. The van der Waals surface area contributed by atoms with Crippen LogP contribution >= 0.6 is 0 Å². The Morgan fingerprint density at radius 2 is 0.906 bits per heavy atom. The topological polar surface area (TPSA) is 52.6 Å². The van der Waals surface area contributed by atoms with Gasteiger partial charge in [-0.3, -0.25) is 9.59 Å². The van der Waals surface area contributed by atoms with Crippen molar-refractivity contribution in [1.29, 1.82) is 0 Å². The molecule has 4 nitrogen and oxygen atoms in total. The highest BCUT2D eigenvalue weighted by Gasteiger charge is 2.15. The van der Waals surface area contributed by atoms with E-state index in [4.69, 9.17) is 9.47 Å². The van der Waals surface area contributed by atoms with Crippen LogP contribution in [-0.4, -0.2) is 11.6 Å². The number of carbonyl (C=O) groups excluding carboxylic acids is 2. The van der Waals surface area contributed by atoms with Gasteiger partial charge in [0.2, 0.25) is 0 Å². The fourth-order valence-electron chi connectivity index (χ4n) is 3.65. The van der Waals surface area contributed by atoms with Crippen LogP contribution in [-0.2, 0) is 13.2 Å². The maximum atomic E-state index is 13.0. The van der Waals surface area contributed by atoms with Crippen LogP contribution < -0.4 is 9.47 Å². The molecule has 0 N–H and O–H groups in total. The van der Waals surface area contributed by atoms with Crippen molar-refractivity contribution >= 4 is 11.6 Å². The van der Waals surface area contributed by atoms with Gasteiger partial charge < -0.3 is 9.47 Å². The average Bonchev–Trinajstić information content (AvgIpc) is 2.86. The predicted octanol–water partition coefficient (Wildman–Crippen LogP) is 5.62. The molecule has 4 aliphatic rings. The van der Waals surface area contributed by atoms with Crippen molar-refractivity contribution in [3.05, 3.63) is 130 Å². The Bertz CT molecular complexity index is 1190. The number of carbonyl (C=O) groups is 2. The second-order valence-electron chi connectivity index (χ2n) is 7.66. The number of ketones is 2. The highest BCUT2D eigenvalue weighted by molar-refractivity contribution is 6.13. The Kier molecular flexibility index (Phi) is 5.26. The number of benzene rings is 4. The van der Waals surface area contributed by atoms with Gasteiger partial charge in [-0.25, -0.2) is 0 Å². The van der Waals surface area contributed by atoms with Gasteiger partial charge in [0.1, 0.15) is 13.2 Å². The minimum absolute atomic E-state index is 0.126. The quantitative estimate of drug-likeness (QED) is 0.371. The molecule has 0 radical (unpaired) electrons. The molecule has 0 saturated heterocycles. The lowest BCUT2D eigenvalue weighted by Crippen LogP contribution is -2.06. The molecule has 8 rings (SSSR count). The summed E-state index contributed by atoms with van der Waals surface area (Å²) in [7, 11) is 0. The molecule has 156 valence electrons. The van der Waals surface area contributed by atoms with E-state index in [1.807, 2.05) is 48.5 Å². The van der Waals surface area contributed by atoms with E-state index in [0.29, 0.717) is 47.0 Å². The van der Waals surface area contributed by atoms with E-state index in [0.717, 1.165) is 11.1 Å². The SMILES string of the molecule is O=C1c2ccc(cc2)COc2ccccc2OCc2ccc(cc2)C(=O)c2cccc1c2. The molecule has 4 heteroatoms. The molecule has 4 aromatic carbocycles. The molecule has 0 amide bonds. The van der Waals surface area contributed by atoms with Crippen LogP contribution in [0.15, 0.2) is 97.1 Å². The fraction of sp³-hybridized carbons (Fsp3) is 0.0714. The molecule has 4 aromatic rings. The molecule has 6 bridgehead atoms. The summed E-state index contributed by atoms with van der Waals surface area (Å²) in [4.78, 5) is 26.0. The van der Waals surface area contributed by atoms with Gasteiger partial charge in [0.15, 0.2) is 23.1 Å². The molecule has 32 heavy (non-hydrogen) atoms. The third-order valence-corrected chi connectivity index (χ3v) is 5.46. The van der Waals surface area contributed by atoms with E-state index in [-0.39, 0.29) is 11.6 Å². The molecular weight excluding hydrogens is 400 g/mol. The second-order valence-corrected chi connectivity index (χ2v) is 7.66. The van der Waals surface area contributed by atoms with Crippen molar-refractivity contribution in [3.63, 3.8) is 0 Å². The van der Waals surface area contributed by atoms with Gasteiger partial charge in [0.25, 0.3) is 0 Å². The molecule has 0 aromatic heterocycles. The van der Waals surface area contributed by atoms with Crippen molar-refractivity contribution in [2.45, 2.75) is 13.2 Å². The van der Waals surface area contributed by atoms with Gasteiger partial charge in [-0.1, -0.05) is 78.9 Å². The molecule has 4 heterocycles. The van der Waals surface area contributed by atoms with E-state index in [1.54, 1.807) is 48.5 Å². The third kappa shape index (κ3) is 4.03. The first-order valence-corrected chi connectivity index (χ1v) is 10.4. The zero-order valence-electron chi connectivity index (χ0n) is 17.3. The Hall–Kier alpha value is -4.18. The van der Waals surface area contributed by atoms with Crippen molar-refractivity contribution in [2.75, 3.05) is 0 Å². The number of hydrogen-bond acceptors (Lipinski definition) is 4. The molecule has 0 unspecified atom stereocenters. The van der Waals surface area contributed by atoms with Crippen molar-refractivity contribution in [3.8, 4) is 11.5 Å². The number of hydrogen-bond donors (Lipinski definition) is 0. The van der Waals surface area contributed by atoms with Crippen LogP contribution in [0.5, 0.6) is 11.5 Å². The molecule has 0 aliphatic carbocycles. The molecule has 0 saturated carbocycles. The third-order valence-electron chi connectivity index (χ3n) is 5.46. The maximum Gasteiger partial charge on any atom is 0.193 e. The minimum atomic E-state index is -0.126. The largest absolute Gasteiger partial charge is 0.485 e. The first kappa shape index (κ1) is 19.8. The van der Waals surface area contributed by atoms with Crippen molar-refractivity contribution in [2.24, 2.45) is 0 Å². The Labute approximate surface area is 186 Å². The Balaban J connectivity index is 1.55. The number of rotatable bonds is 0. The molecule has 0 spiro atoms. The lowest BCUT2D eigenvalue weighted by atomic mass is 9.97. The molecule has 4 aliphatic heterocycles. The summed E-state index contributed by atoms with van der Waals surface area (Å²) in [6.07, 6.45) is 0. The van der Waals surface area contributed by atoms with Crippen molar-refractivity contribution < 1.29 is 19.1 Å². The van der Waals surface area contributed by atoms with Crippen molar-refractivity contribution in [1.82, 2.24) is 0 Å². The van der Waals surface area contributed by atoms with Crippen LogP contribution in [0.1, 0.15) is 43.0 Å². The summed E-state index contributed by atoms with van der Waals surface area (Å²) in [5.74, 6) is 1.04. The summed E-state index contributed by atoms with van der Waals surface area (Å²) < 4.78 is 12.0. The maximum absolute atomic E-state index is 13.0. The fourth-order valence-corrected chi connectivity index (χ4v) is 3.65. The van der Waals surface area contributed by atoms with Gasteiger partial charge in [0, 0.05) is 22.3 Å². The number of para-hydroxylation sites is 2. The van der Waals surface area contributed by atoms with Crippen LogP contribution in [0.3, 0.4) is 0 Å². The van der Waals surface area contributed by atoms with Gasteiger partial charge in [-0.2, -0.15) is 0 Å². The Morgan fingerprint density at radius 1 is 0.469 bits per heavy atom. The molecular formula is C28H20O4. The minimum Gasteiger partial charge on any atom is -0.485 e. The van der Waals surface area contributed by atoms with Crippen LogP contribution in [0.2, 0.25) is 0 Å². The van der Waals surface area contributed by atoms with E-state index in [2.05, 4.69) is 0 Å². The monoisotopic (exact) mass is 420 g/mol. The Morgan fingerprint density at radius 3 is 1.34 bits per heavy atom. The number of ether oxygens (including phenoxy) is 2. The van der Waals surface area contributed by atoms with Gasteiger partial charge in [-0.05, 0) is 29.3 Å². The zero-order valence-corrected chi connectivity index (χ0v) is 17.3. The summed E-state index contributed by atoms with van der Waals surface area (Å²) >= 11 is 0. The summed E-state index contributed by atoms with van der Waals surface area (Å²) in [6.45, 7) is 0.709. The van der Waals surface area contributed by atoms with Crippen LogP contribution in [0.4, 0.5) is 0 Å². The summed E-state index contributed by atoms with van der Waals surface area (Å²) in [6, 6.07) is 29.0. The first-order chi connectivity index (χ1) is 15.7. The zero-order chi connectivity index (χ0) is 21.9. The standard InChI is InChI=1S/C28H20O4/c29-27-21-12-8-19(9-13-21)17-31-25-6-1-2-7-26(25)32-18-20-10-14-22(15-11-20)28(30)24-5-3-4-23(27)16-24/h1-16H,17-18H2. The first-order valence-electron chi connectivity index (χ1n) is 10.4. The second kappa shape index (κ2) is 8.52. The normalized spacial score (nSPS) is 13.4. The molecule has 0 fully saturated rings. The highest BCUT2D eigenvalue weighted by Crippen LogP contribution is 2.28. The average molecular weight is 420 g/mol. The highest BCUT2D eigenvalue weighted by atomic mass is 16.5. The van der Waals surface area contributed by atoms with Crippen LogP contribution in [0, 0.1) is 0 Å². The van der Waals surface area contributed by atoms with Gasteiger partial charge in [-0.15, -0.1) is 0 Å². The lowest BCUT2D eigenvalue weighted by Gasteiger charge is -2.13. The summed E-state index contributed by atoms with van der Waals surface area (Å²) in [5, 5.41) is 0. The van der Waals surface area contributed by atoms with Gasteiger partial charge in [0.05, 0.1) is 0 Å². The summed E-state index contributed by atoms with van der Waals surface area (Å²) in [5.41, 5.74) is 3.96. The van der Waals surface area contributed by atoms with E-state index in [1.165, 1.54) is 0 Å². The van der Waals surface area contributed by atoms with Gasteiger partial charge >= 0.3 is 0 Å². The van der Waals surface area contributed by atoms with E-state index >= 15 is 0 Å². The lowest BCUT2D eigenvalue weighted by molar-refractivity contribution is 0.103.